The summed E-state index contributed by atoms with van der Waals surface area (Å²) in [5, 5.41) is 11.7. The van der Waals surface area contributed by atoms with Gasteiger partial charge in [0.15, 0.2) is 0 Å². The molecule has 7 heteroatoms. The van der Waals surface area contributed by atoms with Gasteiger partial charge in [0.25, 0.3) is 0 Å². The van der Waals surface area contributed by atoms with E-state index in [0.717, 1.165) is 22.4 Å². The van der Waals surface area contributed by atoms with Crippen LogP contribution in [0, 0.1) is 0 Å². The van der Waals surface area contributed by atoms with Gasteiger partial charge in [0, 0.05) is 12.1 Å². The first-order chi connectivity index (χ1) is 13.0. The molecule has 27 heavy (non-hydrogen) atoms. The number of aromatic amines is 1. The standard InChI is InChI=1S/C20H21N3O3S/c1-13(20-22-16-7-2-3-8-17(16)23-20)27-12-18(24)21-15-6-4-5-14(11-15)9-10-19(25)26/h2-8,11,13H,9-10,12H2,1H3,(H,21,24)(H,22,23)(H,25,26). The van der Waals surface area contributed by atoms with Gasteiger partial charge < -0.3 is 15.4 Å². The number of aromatic nitrogens is 2. The first kappa shape index (κ1) is 19.0. The summed E-state index contributed by atoms with van der Waals surface area (Å²) >= 11 is 1.51. The van der Waals surface area contributed by atoms with Crippen LogP contribution in [0.25, 0.3) is 11.0 Å². The molecule has 6 nitrogen and oxygen atoms in total. The zero-order valence-electron chi connectivity index (χ0n) is 14.9. The first-order valence-electron chi connectivity index (χ1n) is 8.68. The van der Waals surface area contributed by atoms with Crippen molar-refractivity contribution >= 4 is 40.4 Å². The van der Waals surface area contributed by atoms with E-state index in [1.165, 1.54) is 11.8 Å². The number of nitrogens with zero attached hydrogens (tertiary/aromatic N) is 1. The monoisotopic (exact) mass is 383 g/mol. The van der Waals surface area contributed by atoms with E-state index < -0.39 is 5.97 Å². The number of anilines is 1. The SMILES string of the molecule is CC(SCC(=O)Nc1cccc(CCC(=O)O)c1)c1nc2ccccc2[nH]1. The van der Waals surface area contributed by atoms with Gasteiger partial charge in [-0.15, -0.1) is 11.8 Å². The van der Waals surface area contributed by atoms with E-state index in [-0.39, 0.29) is 17.6 Å². The molecular weight excluding hydrogens is 362 g/mol. The molecule has 3 N–H and O–H groups in total. The zero-order chi connectivity index (χ0) is 19.2. The van der Waals surface area contributed by atoms with Crippen LogP contribution in [0.3, 0.4) is 0 Å². The van der Waals surface area contributed by atoms with Crippen molar-refractivity contribution in [3.05, 3.63) is 59.9 Å². The maximum Gasteiger partial charge on any atom is 0.303 e. The van der Waals surface area contributed by atoms with E-state index >= 15 is 0 Å². The van der Waals surface area contributed by atoms with Gasteiger partial charge in [-0.25, -0.2) is 4.98 Å². The molecule has 140 valence electrons. The Morgan fingerprint density at radius 2 is 2.04 bits per heavy atom. The second kappa shape index (κ2) is 8.73. The molecule has 0 radical (unpaired) electrons. The minimum Gasteiger partial charge on any atom is -0.481 e. The Bertz CT molecular complexity index is 921. The summed E-state index contributed by atoms with van der Waals surface area (Å²) in [6.45, 7) is 2.02. The molecular formula is C20H21N3O3S. The van der Waals surface area contributed by atoms with Gasteiger partial charge in [-0.1, -0.05) is 24.3 Å². The molecule has 3 rings (SSSR count). The van der Waals surface area contributed by atoms with Crippen molar-refractivity contribution < 1.29 is 14.7 Å². The first-order valence-corrected chi connectivity index (χ1v) is 9.73. The number of carbonyl (C=O) groups is 2. The molecule has 0 saturated carbocycles. The van der Waals surface area contributed by atoms with Crippen LogP contribution in [0.1, 0.15) is 30.0 Å². The minimum atomic E-state index is -0.833. The van der Waals surface area contributed by atoms with Crippen molar-refractivity contribution in [3.8, 4) is 0 Å². The lowest BCUT2D eigenvalue weighted by atomic mass is 10.1. The number of carbonyl (C=O) groups excluding carboxylic acids is 1. The zero-order valence-corrected chi connectivity index (χ0v) is 15.8. The van der Waals surface area contributed by atoms with Crippen LogP contribution in [0.5, 0.6) is 0 Å². The third-order valence-corrected chi connectivity index (χ3v) is 5.25. The molecule has 0 spiro atoms. The van der Waals surface area contributed by atoms with Crippen molar-refractivity contribution in [1.29, 1.82) is 0 Å². The fraction of sp³-hybridized carbons (Fsp3) is 0.250. The summed E-state index contributed by atoms with van der Waals surface area (Å²) in [5.74, 6) is 0.223. The summed E-state index contributed by atoms with van der Waals surface area (Å²) < 4.78 is 0. The molecule has 0 bridgehead atoms. The number of H-pyrrole nitrogens is 1. The molecule has 0 aliphatic heterocycles. The molecule has 3 aromatic rings. The van der Waals surface area contributed by atoms with Crippen LogP contribution in [-0.2, 0) is 16.0 Å². The quantitative estimate of drug-likeness (QED) is 0.546. The number of benzene rings is 2. The number of carboxylic acid groups (broad SMARTS) is 1. The Kier molecular flexibility index (Phi) is 6.13. The number of aliphatic carboxylic acids is 1. The van der Waals surface area contributed by atoms with Crippen LogP contribution in [0.2, 0.25) is 0 Å². The van der Waals surface area contributed by atoms with Crippen molar-refractivity contribution in [2.75, 3.05) is 11.1 Å². The van der Waals surface area contributed by atoms with Gasteiger partial charge in [-0.05, 0) is 43.2 Å². The second-order valence-electron chi connectivity index (χ2n) is 6.23. The molecule has 1 heterocycles. The number of nitrogens with one attached hydrogen (secondary N) is 2. The normalized spacial score (nSPS) is 12.0. The molecule has 0 aliphatic rings. The number of thioether (sulfide) groups is 1. The van der Waals surface area contributed by atoms with Gasteiger partial charge in [-0.3, -0.25) is 9.59 Å². The topological polar surface area (TPSA) is 95.1 Å². The van der Waals surface area contributed by atoms with E-state index in [4.69, 9.17) is 5.11 Å². The van der Waals surface area contributed by atoms with Crippen molar-refractivity contribution in [2.24, 2.45) is 0 Å². The van der Waals surface area contributed by atoms with Crippen LogP contribution in [0.15, 0.2) is 48.5 Å². The predicted octanol–water partition coefficient (Wildman–Crippen LogP) is 4.01. The Morgan fingerprint density at radius 1 is 1.22 bits per heavy atom. The lowest BCUT2D eigenvalue weighted by Gasteiger charge is -2.10. The largest absolute Gasteiger partial charge is 0.481 e. The number of hydrogen-bond acceptors (Lipinski definition) is 4. The lowest BCUT2D eigenvalue weighted by molar-refractivity contribution is -0.137. The van der Waals surface area contributed by atoms with Gasteiger partial charge in [0.05, 0.1) is 22.0 Å². The number of aryl methyl sites for hydroxylation is 1. The lowest BCUT2D eigenvalue weighted by Crippen LogP contribution is -2.15. The fourth-order valence-electron chi connectivity index (χ4n) is 2.70. The third-order valence-electron chi connectivity index (χ3n) is 4.10. The predicted molar refractivity (Wildman–Crippen MR) is 108 cm³/mol. The molecule has 1 amide bonds. The van der Waals surface area contributed by atoms with Crippen molar-refractivity contribution in [2.45, 2.75) is 25.0 Å². The molecule has 2 aromatic carbocycles. The number of para-hydroxylation sites is 2. The van der Waals surface area contributed by atoms with Gasteiger partial charge in [0.1, 0.15) is 5.82 Å². The van der Waals surface area contributed by atoms with Gasteiger partial charge >= 0.3 is 5.97 Å². The van der Waals surface area contributed by atoms with Gasteiger partial charge in [0.2, 0.25) is 5.91 Å². The van der Waals surface area contributed by atoms with Crippen LogP contribution in [-0.4, -0.2) is 32.7 Å². The molecule has 0 saturated heterocycles. The molecule has 1 atom stereocenters. The van der Waals surface area contributed by atoms with E-state index in [9.17, 15) is 9.59 Å². The molecule has 0 aliphatic carbocycles. The van der Waals surface area contributed by atoms with Gasteiger partial charge in [-0.2, -0.15) is 0 Å². The Morgan fingerprint density at radius 3 is 2.81 bits per heavy atom. The smallest absolute Gasteiger partial charge is 0.303 e. The van der Waals surface area contributed by atoms with Crippen LogP contribution < -0.4 is 5.32 Å². The van der Waals surface area contributed by atoms with Crippen molar-refractivity contribution in [3.63, 3.8) is 0 Å². The Balaban J connectivity index is 1.53. The average molecular weight is 383 g/mol. The highest BCUT2D eigenvalue weighted by Gasteiger charge is 2.13. The highest BCUT2D eigenvalue weighted by molar-refractivity contribution is 8.00. The third kappa shape index (κ3) is 5.34. The van der Waals surface area contributed by atoms with Crippen LogP contribution >= 0.6 is 11.8 Å². The summed E-state index contributed by atoms with van der Waals surface area (Å²) in [4.78, 5) is 30.8. The highest BCUT2D eigenvalue weighted by atomic mass is 32.2. The van der Waals surface area contributed by atoms with Crippen molar-refractivity contribution in [1.82, 2.24) is 9.97 Å². The number of hydrogen-bond donors (Lipinski definition) is 3. The summed E-state index contributed by atoms with van der Waals surface area (Å²) in [6.07, 6.45) is 0.513. The number of amides is 1. The second-order valence-corrected chi connectivity index (χ2v) is 7.56. The highest BCUT2D eigenvalue weighted by Crippen LogP contribution is 2.27. The fourth-order valence-corrected chi connectivity index (χ4v) is 3.44. The summed E-state index contributed by atoms with van der Waals surface area (Å²) in [7, 11) is 0. The number of carboxylic acids is 1. The maximum absolute atomic E-state index is 12.2. The summed E-state index contributed by atoms with van der Waals surface area (Å²) in [6, 6.07) is 15.1. The number of imidazole rings is 1. The van der Waals surface area contributed by atoms with E-state index in [1.54, 1.807) is 6.07 Å². The summed E-state index contributed by atoms with van der Waals surface area (Å²) in [5.41, 5.74) is 3.48. The van der Waals surface area contributed by atoms with E-state index in [1.807, 2.05) is 49.4 Å². The van der Waals surface area contributed by atoms with Crippen LogP contribution in [0.4, 0.5) is 5.69 Å². The molecule has 0 fully saturated rings. The van der Waals surface area contributed by atoms with E-state index in [0.29, 0.717) is 17.9 Å². The maximum atomic E-state index is 12.2. The average Bonchev–Trinajstić information content (AvgIpc) is 3.09. The molecule has 1 unspecified atom stereocenters. The Hall–Kier alpha value is -2.80. The Labute approximate surface area is 161 Å². The molecule has 1 aromatic heterocycles. The number of rotatable bonds is 8. The number of fused-ring (bicyclic) bond motifs is 1. The minimum absolute atomic E-state index is 0.0602. The van der Waals surface area contributed by atoms with E-state index in [2.05, 4.69) is 15.3 Å².